The van der Waals surface area contributed by atoms with Crippen LogP contribution in [0.1, 0.15) is 0 Å². The van der Waals surface area contributed by atoms with Gasteiger partial charge in [-0.05, 0) is 10.3 Å². The summed E-state index contributed by atoms with van der Waals surface area (Å²) < 4.78 is 73.4. The van der Waals surface area contributed by atoms with Crippen LogP contribution in [0.4, 0.5) is 0 Å². The quantitative estimate of drug-likeness (QED) is 0.210. The molecule has 13 heavy (non-hydrogen) atoms. The molecule has 0 fully saturated rings. The molecule has 0 aromatic rings. The Morgan fingerprint density at radius 2 is 0.538 bits per heavy atom. The third-order valence-electron chi connectivity index (χ3n) is 0. The van der Waals surface area contributed by atoms with E-state index in [1.54, 1.807) is 0 Å². The normalized spacial score (nSPS) is 8.31. The Labute approximate surface area is 127 Å². The van der Waals surface area contributed by atoms with Crippen LogP contribution in [0.25, 0.3) is 0 Å². The zero-order valence-corrected chi connectivity index (χ0v) is 15.6. The molecule has 0 aliphatic carbocycles. The molecule has 9 nitrogen and oxygen atoms in total. The first-order valence-corrected chi connectivity index (χ1v) is 9.61. The third kappa shape index (κ3) is 279. The molecule has 0 spiro atoms. The Balaban J connectivity index is -0.0000000450. The molecule has 0 atom stereocenters. The van der Waals surface area contributed by atoms with Gasteiger partial charge < -0.3 is 20.6 Å². The van der Waals surface area contributed by atoms with E-state index < -0.39 is 63.2 Å². The van der Waals surface area contributed by atoms with Crippen molar-refractivity contribution in [1.82, 2.24) is 0 Å². The minimum absolute atomic E-state index is 0. The Morgan fingerprint density at radius 3 is 0.538 bits per heavy atom. The van der Waals surface area contributed by atoms with Crippen molar-refractivity contribution in [3.63, 3.8) is 0 Å². The maximum Gasteiger partial charge on any atom is 0.503 e. The fourth-order valence-corrected chi connectivity index (χ4v) is 0. The SMILES string of the molecule is [La].[O-][I+2]([O-])O.[O-][I+2]([O-])O.[O-][I+2]([O-])O. The maximum atomic E-state index is 8.68. The minimum atomic E-state index is -3.76. The molecular weight excluding hydrogens is 664 g/mol. The first-order valence-electron chi connectivity index (χ1n) is 1.43. The number of halogens is 3. The van der Waals surface area contributed by atoms with Crippen LogP contribution in [-0.4, -0.2) is 10.3 Å². The van der Waals surface area contributed by atoms with Crippen LogP contribution in [0.2, 0.25) is 0 Å². The predicted octanol–water partition coefficient (Wildman–Crippen LogP) is -17.8. The van der Waals surface area contributed by atoms with Crippen LogP contribution in [-0.2, 0) is 0 Å². The Morgan fingerprint density at radius 1 is 0.538 bits per heavy atom. The largest absolute Gasteiger partial charge is 0.503 e. The van der Waals surface area contributed by atoms with Gasteiger partial charge in [0, 0.05) is 35.6 Å². The summed E-state index contributed by atoms with van der Waals surface area (Å²) >= 11 is -11.3. The van der Waals surface area contributed by atoms with E-state index in [0.29, 0.717) is 0 Å². The van der Waals surface area contributed by atoms with Crippen molar-refractivity contribution in [3.05, 3.63) is 0 Å². The van der Waals surface area contributed by atoms with Gasteiger partial charge in [0.05, 0.1) is 0 Å². The molecule has 0 amide bonds. The molecule has 0 aliphatic heterocycles. The van der Waals surface area contributed by atoms with Gasteiger partial charge in [0.2, 0.25) is 0 Å². The molecule has 0 saturated heterocycles. The molecule has 0 aromatic carbocycles. The van der Waals surface area contributed by atoms with Crippen molar-refractivity contribution in [2.75, 3.05) is 0 Å². The molecule has 0 aromatic heterocycles. The molecule has 0 unspecified atom stereocenters. The van der Waals surface area contributed by atoms with E-state index in [1.165, 1.54) is 0 Å². The Kier molecular flexibility index (Phi) is 39.3. The van der Waals surface area contributed by atoms with Crippen LogP contribution >= 0.6 is 0 Å². The second kappa shape index (κ2) is 20.4. The van der Waals surface area contributed by atoms with Crippen molar-refractivity contribution in [3.8, 4) is 0 Å². The van der Waals surface area contributed by atoms with E-state index in [0.717, 1.165) is 0 Å². The van der Waals surface area contributed by atoms with Gasteiger partial charge in [0.1, 0.15) is 0 Å². The molecule has 0 aliphatic rings. The predicted molar refractivity (Wildman–Crippen MR) is 6.66 cm³/mol. The third-order valence-corrected chi connectivity index (χ3v) is 0. The Hall–Kier alpha value is 3.02. The molecule has 13 heteroatoms. The minimum Gasteiger partial charge on any atom is -0.396 e. The van der Waals surface area contributed by atoms with Crippen molar-refractivity contribution >= 4 is 0 Å². The van der Waals surface area contributed by atoms with Gasteiger partial charge in [0.25, 0.3) is 0 Å². The number of hydrogen-bond donors (Lipinski definition) is 3. The van der Waals surface area contributed by atoms with Gasteiger partial charge in [-0.25, -0.2) is 0 Å². The zero-order chi connectivity index (χ0) is 10.7. The van der Waals surface area contributed by atoms with Gasteiger partial charge >= 0.3 is 63.2 Å². The molecule has 0 bridgehead atoms. The summed E-state index contributed by atoms with van der Waals surface area (Å²) in [6.45, 7) is 0. The van der Waals surface area contributed by atoms with Gasteiger partial charge in [-0.2, -0.15) is 0 Å². The van der Waals surface area contributed by atoms with E-state index >= 15 is 0 Å². The first-order chi connectivity index (χ1) is 5.20. The summed E-state index contributed by atoms with van der Waals surface area (Å²) in [5.74, 6) is 0. The molecule has 0 heterocycles. The monoisotopic (exact) mass is 667 g/mol. The van der Waals surface area contributed by atoms with Gasteiger partial charge in [0.15, 0.2) is 0 Å². The molecule has 0 saturated carbocycles. The number of hydrogen-bond acceptors (Lipinski definition) is 9. The molecule has 1 radical (unpaired) electrons. The van der Waals surface area contributed by atoms with Crippen LogP contribution in [0.15, 0.2) is 0 Å². The van der Waals surface area contributed by atoms with Crippen molar-refractivity contribution in [1.29, 1.82) is 0 Å². The van der Waals surface area contributed by atoms with Crippen LogP contribution in [0, 0.1) is 35.6 Å². The van der Waals surface area contributed by atoms with Gasteiger partial charge in [-0.3, -0.25) is 0 Å². The molecule has 0 rings (SSSR count). The first kappa shape index (κ1) is 25.0. The summed E-state index contributed by atoms with van der Waals surface area (Å²) in [4.78, 5) is 0. The standard InChI is InChI=1S/3HIO3.La/c3*2-1(3)4;/h3*2H;. The van der Waals surface area contributed by atoms with Crippen molar-refractivity contribution < 1.29 is 130 Å². The van der Waals surface area contributed by atoms with E-state index in [-0.39, 0.29) is 35.6 Å². The molecule has 81 valence electrons. The Bertz CT molecular complexity index is 43.4. The molecule has 3 N–H and O–H groups in total. The smallest absolute Gasteiger partial charge is 0.396 e. The maximum absolute atomic E-state index is 8.68. The topological polar surface area (TPSA) is 199 Å². The summed E-state index contributed by atoms with van der Waals surface area (Å²) in [5.41, 5.74) is 0. The number of rotatable bonds is 0. The fourth-order valence-electron chi connectivity index (χ4n) is 0. The zero-order valence-electron chi connectivity index (χ0n) is 5.50. The van der Waals surface area contributed by atoms with Crippen LogP contribution in [0.5, 0.6) is 0 Å². The molecular formula is H3I3LaO9. The van der Waals surface area contributed by atoms with Crippen LogP contribution in [0.3, 0.4) is 0 Å². The summed E-state index contributed by atoms with van der Waals surface area (Å²) in [6, 6.07) is 0. The summed E-state index contributed by atoms with van der Waals surface area (Å²) in [5, 5.41) is 0. The van der Waals surface area contributed by atoms with Crippen molar-refractivity contribution in [2.24, 2.45) is 0 Å². The van der Waals surface area contributed by atoms with Gasteiger partial charge in [-0.1, -0.05) is 0 Å². The van der Waals surface area contributed by atoms with Crippen molar-refractivity contribution in [2.45, 2.75) is 0 Å². The second-order valence-electron chi connectivity index (χ2n) is 0.603. The van der Waals surface area contributed by atoms with Crippen LogP contribution < -0.4 is 83.8 Å². The van der Waals surface area contributed by atoms with E-state index in [9.17, 15) is 0 Å². The average molecular weight is 667 g/mol. The fraction of sp³-hybridized carbons (Fsp3) is 0. The second-order valence-corrected chi connectivity index (χ2v) is 4.05. The van der Waals surface area contributed by atoms with E-state index in [2.05, 4.69) is 0 Å². The summed E-state index contributed by atoms with van der Waals surface area (Å²) in [6.07, 6.45) is 0. The summed E-state index contributed by atoms with van der Waals surface area (Å²) in [7, 11) is 0. The van der Waals surface area contributed by atoms with Gasteiger partial charge in [-0.15, -0.1) is 0 Å². The average Bonchev–Trinajstić information content (AvgIpc) is 1.54. The van der Waals surface area contributed by atoms with E-state index in [4.69, 9.17) is 30.9 Å². The van der Waals surface area contributed by atoms with E-state index in [1.807, 2.05) is 0 Å².